The molecule has 0 fully saturated rings. The average molecular weight is 266 g/mol. The highest BCUT2D eigenvalue weighted by Crippen LogP contribution is 2.19. The van der Waals surface area contributed by atoms with Gasteiger partial charge in [0, 0.05) is 12.7 Å². The zero-order chi connectivity index (χ0) is 14.5. The van der Waals surface area contributed by atoms with Crippen LogP contribution in [0, 0.1) is 5.41 Å². The Morgan fingerprint density at radius 3 is 2.79 bits per heavy atom. The van der Waals surface area contributed by atoms with Gasteiger partial charge in [-0.25, -0.2) is 4.98 Å². The summed E-state index contributed by atoms with van der Waals surface area (Å²) in [5, 5.41) is 12.6. The summed E-state index contributed by atoms with van der Waals surface area (Å²) in [5.74, 6) is 0.0209. The maximum Gasteiger partial charge on any atom is 0.256 e. The molecule has 5 nitrogen and oxygen atoms in total. The number of pyridine rings is 1. The van der Waals surface area contributed by atoms with Crippen LogP contribution in [-0.2, 0) is 0 Å². The van der Waals surface area contributed by atoms with Crippen LogP contribution in [0.4, 0.5) is 0 Å². The zero-order valence-electron chi connectivity index (χ0n) is 11.9. The lowest BCUT2D eigenvalue weighted by molar-refractivity contribution is 0.0585. The van der Waals surface area contributed by atoms with Crippen molar-refractivity contribution in [2.24, 2.45) is 5.41 Å². The van der Waals surface area contributed by atoms with Crippen LogP contribution in [0.2, 0.25) is 0 Å². The highest BCUT2D eigenvalue weighted by atomic mass is 16.5. The molecule has 19 heavy (non-hydrogen) atoms. The van der Waals surface area contributed by atoms with Crippen molar-refractivity contribution in [3.8, 4) is 5.88 Å². The van der Waals surface area contributed by atoms with Crippen LogP contribution in [0.1, 0.15) is 38.1 Å². The summed E-state index contributed by atoms with van der Waals surface area (Å²) in [6.45, 7) is 8.23. The second-order valence-corrected chi connectivity index (χ2v) is 5.38. The summed E-state index contributed by atoms with van der Waals surface area (Å²) in [5.41, 5.74) is 0.107. The SMILES string of the molecule is CCOc1ncccc1C(=O)NCC(O)C(C)(C)C. The molecular weight excluding hydrogens is 244 g/mol. The number of rotatable bonds is 5. The number of aliphatic hydroxyl groups is 1. The first kappa shape index (κ1) is 15.4. The second kappa shape index (κ2) is 6.52. The van der Waals surface area contributed by atoms with E-state index < -0.39 is 6.10 Å². The summed E-state index contributed by atoms with van der Waals surface area (Å²) in [6.07, 6.45) is 0.967. The van der Waals surface area contributed by atoms with Crippen molar-refractivity contribution in [3.63, 3.8) is 0 Å². The largest absolute Gasteiger partial charge is 0.477 e. The second-order valence-electron chi connectivity index (χ2n) is 5.38. The van der Waals surface area contributed by atoms with Gasteiger partial charge in [-0.2, -0.15) is 0 Å². The van der Waals surface area contributed by atoms with E-state index in [4.69, 9.17) is 4.74 Å². The fraction of sp³-hybridized carbons (Fsp3) is 0.571. The van der Waals surface area contributed by atoms with Crippen LogP contribution in [0.5, 0.6) is 5.88 Å². The molecule has 1 rings (SSSR count). The summed E-state index contributed by atoms with van der Waals surface area (Å²) in [4.78, 5) is 16.0. The van der Waals surface area contributed by atoms with Gasteiger partial charge in [0.25, 0.3) is 5.91 Å². The minimum atomic E-state index is -0.608. The van der Waals surface area contributed by atoms with Crippen molar-refractivity contribution in [2.45, 2.75) is 33.8 Å². The van der Waals surface area contributed by atoms with Crippen LogP contribution >= 0.6 is 0 Å². The van der Waals surface area contributed by atoms with Gasteiger partial charge in [-0.05, 0) is 24.5 Å². The number of carbonyl (C=O) groups is 1. The van der Waals surface area contributed by atoms with Crippen molar-refractivity contribution in [3.05, 3.63) is 23.9 Å². The standard InChI is InChI=1S/C14H22N2O3/c1-5-19-13-10(7-6-8-15-13)12(18)16-9-11(17)14(2,3)4/h6-8,11,17H,5,9H2,1-4H3,(H,16,18). The quantitative estimate of drug-likeness (QED) is 0.849. The minimum Gasteiger partial charge on any atom is -0.477 e. The van der Waals surface area contributed by atoms with Crippen LogP contribution < -0.4 is 10.1 Å². The van der Waals surface area contributed by atoms with Crippen LogP contribution in [-0.4, -0.2) is 35.3 Å². The first-order valence-corrected chi connectivity index (χ1v) is 6.40. The topological polar surface area (TPSA) is 71.5 Å². The molecule has 5 heteroatoms. The molecule has 0 aliphatic heterocycles. The molecule has 0 spiro atoms. The number of hydrogen-bond donors (Lipinski definition) is 2. The molecule has 1 aromatic rings. The van der Waals surface area contributed by atoms with E-state index in [1.807, 2.05) is 27.7 Å². The van der Waals surface area contributed by atoms with Gasteiger partial charge < -0.3 is 15.2 Å². The summed E-state index contributed by atoms with van der Waals surface area (Å²) in [6, 6.07) is 3.33. The maximum atomic E-state index is 12.0. The van der Waals surface area contributed by atoms with E-state index in [-0.39, 0.29) is 17.9 Å². The molecule has 0 saturated carbocycles. The Hall–Kier alpha value is -1.62. The number of aliphatic hydroxyl groups excluding tert-OH is 1. The molecule has 1 heterocycles. The van der Waals surface area contributed by atoms with Gasteiger partial charge in [0.05, 0.1) is 12.7 Å². The van der Waals surface area contributed by atoms with Crippen LogP contribution in [0.25, 0.3) is 0 Å². The first-order valence-electron chi connectivity index (χ1n) is 6.40. The molecule has 106 valence electrons. The Balaban J connectivity index is 2.69. The third-order valence-corrected chi connectivity index (χ3v) is 2.75. The Labute approximate surface area is 114 Å². The zero-order valence-corrected chi connectivity index (χ0v) is 11.9. The van der Waals surface area contributed by atoms with Crippen molar-refractivity contribution in [2.75, 3.05) is 13.2 Å². The highest BCUT2D eigenvalue weighted by Gasteiger charge is 2.23. The molecule has 0 aromatic carbocycles. The Kier molecular flexibility index (Phi) is 5.30. The third kappa shape index (κ3) is 4.52. The van der Waals surface area contributed by atoms with Crippen molar-refractivity contribution >= 4 is 5.91 Å². The van der Waals surface area contributed by atoms with E-state index in [1.54, 1.807) is 18.3 Å². The van der Waals surface area contributed by atoms with E-state index in [0.717, 1.165) is 0 Å². The Bertz CT molecular complexity index is 427. The molecule has 2 N–H and O–H groups in total. The molecule has 0 bridgehead atoms. The number of hydrogen-bond acceptors (Lipinski definition) is 4. The normalized spacial score (nSPS) is 12.9. The fourth-order valence-electron chi connectivity index (χ4n) is 1.41. The number of aromatic nitrogens is 1. The van der Waals surface area contributed by atoms with Gasteiger partial charge in [-0.1, -0.05) is 20.8 Å². The highest BCUT2D eigenvalue weighted by molar-refractivity contribution is 5.96. The van der Waals surface area contributed by atoms with Crippen molar-refractivity contribution in [1.82, 2.24) is 10.3 Å². The summed E-state index contributed by atoms with van der Waals surface area (Å²) in [7, 11) is 0. The predicted octanol–water partition coefficient (Wildman–Crippen LogP) is 1.62. The molecule has 1 unspecified atom stereocenters. The molecule has 1 amide bonds. The minimum absolute atomic E-state index is 0.197. The van der Waals surface area contributed by atoms with Crippen molar-refractivity contribution < 1.29 is 14.6 Å². The van der Waals surface area contributed by atoms with Gasteiger partial charge in [-0.15, -0.1) is 0 Å². The molecule has 1 atom stereocenters. The van der Waals surface area contributed by atoms with E-state index in [2.05, 4.69) is 10.3 Å². The lowest BCUT2D eigenvalue weighted by atomic mass is 9.89. The monoisotopic (exact) mass is 266 g/mol. The summed E-state index contributed by atoms with van der Waals surface area (Å²) < 4.78 is 5.30. The van der Waals surface area contributed by atoms with Crippen LogP contribution in [0.3, 0.4) is 0 Å². The molecule has 0 aliphatic rings. The van der Waals surface area contributed by atoms with Gasteiger partial charge in [-0.3, -0.25) is 4.79 Å². The van der Waals surface area contributed by atoms with Gasteiger partial charge >= 0.3 is 0 Å². The molecule has 0 radical (unpaired) electrons. The number of amides is 1. The predicted molar refractivity (Wildman–Crippen MR) is 73.2 cm³/mol. The Morgan fingerprint density at radius 1 is 1.53 bits per heavy atom. The van der Waals surface area contributed by atoms with E-state index >= 15 is 0 Å². The average Bonchev–Trinajstić information content (AvgIpc) is 2.35. The number of carbonyl (C=O) groups excluding carboxylic acids is 1. The molecule has 1 aromatic heterocycles. The Morgan fingerprint density at radius 2 is 2.21 bits per heavy atom. The number of nitrogens with zero attached hydrogens (tertiary/aromatic N) is 1. The van der Waals surface area contributed by atoms with E-state index in [9.17, 15) is 9.90 Å². The van der Waals surface area contributed by atoms with Crippen LogP contribution in [0.15, 0.2) is 18.3 Å². The van der Waals surface area contributed by atoms with Crippen molar-refractivity contribution in [1.29, 1.82) is 0 Å². The lowest BCUT2D eigenvalue weighted by Gasteiger charge is -2.25. The van der Waals surface area contributed by atoms with E-state index in [1.165, 1.54) is 0 Å². The molecule has 0 saturated heterocycles. The summed E-state index contributed by atoms with van der Waals surface area (Å²) >= 11 is 0. The van der Waals surface area contributed by atoms with Gasteiger partial charge in [0.2, 0.25) is 5.88 Å². The van der Waals surface area contributed by atoms with E-state index in [0.29, 0.717) is 18.1 Å². The first-order chi connectivity index (χ1) is 8.86. The number of ether oxygens (including phenoxy) is 1. The lowest BCUT2D eigenvalue weighted by Crippen LogP contribution is -2.39. The molecule has 0 aliphatic carbocycles. The smallest absolute Gasteiger partial charge is 0.256 e. The maximum absolute atomic E-state index is 12.0. The fourth-order valence-corrected chi connectivity index (χ4v) is 1.41. The molecular formula is C14H22N2O3. The number of nitrogens with one attached hydrogen (secondary N) is 1. The van der Waals surface area contributed by atoms with Gasteiger partial charge in [0.1, 0.15) is 5.56 Å². The third-order valence-electron chi connectivity index (χ3n) is 2.75. The van der Waals surface area contributed by atoms with Gasteiger partial charge in [0.15, 0.2) is 0 Å².